The summed E-state index contributed by atoms with van der Waals surface area (Å²) in [7, 11) is 1.20. The fourth-order valence-electron chi connectivity index (χ4n) is 2.11. The third-order valence-electron chi connectivity index (χ3n) is 3.47. The summed E-state index contributed by atoms with van der Waals surface area (Å²) in [4.78, 5) is 26.2. The lowest BCUT2D eigenvalue weighted by atomic mass is 10.1. The third-order valence-corrected chi connectivity index (χ3v) is 3.47. The van der Waals surface area contributed by atoms with Gasteiger partial charge in [-0.2, -0.15) is 0 Å². The van der Waals surface area contributed by atoms with Gasteiger partial charge in [0.2, 0.25) is 0 Å². The zero-order chi connectivity index (χ0) is 16.0. The minimum Gasteiger partial charge on any atom is -0.469 e. The van der Waals surface area contributed by atoms with E-state index in [-0.39, 0.29) is 6.61 Å². The maximum atomic E-state index is 11.9. The predicted molar refractivity (Wildman–Crippen MR) is 76.7 cm³/mol. The van der Waals surface area contributed by atoms with E-state index in [4.69, 9.17) is 10.3 Å². The van der Waals surface area contributed by atoms with Crippen LogP contribution in [0.15, 0.2) is 35.4 Å². The van der Waals surface area contributed by atoms with Crippen LogP contribution in [-0.2, 0) is 20.9 Å². The molecule has 0 aliphatic heterocycles. The number of nitrogens with one attached hydrogen (secondary N) is 1. The first kappa shape index (κ1) is 15.7. The lowest BCUT2D eigenvalue weighted by Gasteiger charge is -2.21. The molecule has 8 heteroatoms. The summed E-state index contributed by atoms with van der Waals surface area (Å²) < 4.78 is 9.71. The minimum absolute atomic E-state index is 0.118. The van der Waals surface area contributed by atoms with Crippen molar-refractivity contribution < 1.29 is 19.1 Å². The summed E-state index contributed by atoms with van der Waals surface area (Å²) in [5.74, 6) is -0.682. The van der Waals surface area contributed by atoms with Crippen molar-refractivity contribution in [2.45, 2.75) is 31.0 Å². The Morgan fingerprint density at radius 1 is 1.41 bits per heavy atom. The Morgan fingerprint density at radius 2 is 2.09 bits per heavy atom. The number of nitrogens with zero attached hydrogens (tertiary/aromatic N) is 3. The van der Waals surface area contributed by atoms with Gasteiger partial charge >= 0.3 is 12.1 Å². The Kier molecular flexibility index (Phi) is 4.85. The quantitative estimate of drug-likeness (QED) is 0.376. The van der Waals surface area contributed by atoms with Gasteiger partial charge < -0.3 is 14.8 Å². The summed E-state index contributed by atoms with van der Waals surface area (Å²) in [5.41, 5.74) is 8.50. The van der Waals surface area contributed by atoms with Gasteiger partial charge in [-0.1, -0.05) is 35.4 Å². The summed E-state index contributed by atoms with van der Waals surface area (Å²) in [5, 5.41) is 6.05. The van der Waals surface area contributed by atoms with Crippen LogP contribution in [0.2, 0.25) is 0 Å². The zero-order valence-electron chi connectivity index (χ0n) is 12.1. The van der Waals surface area contributed by atoms with Crippen LogP contribution in [0.1, 0.15) is 18.4 Å². The van der Waals surface area contributed by atoms with Gasteiger partial charge in [0.15, 0.2) is 6.04 Å². The van der Waals surface area contributed by atoms with Crippen LogP contribution in [0, 0.1) is 0 Å². The molecule has 1 fully saturated rings. The normalized spacial score (nSPS) is 15.9. The molecule has 0 spiro atoms. The van der Waals surface area contributed by atoms with E-state index in [2.05, 4.69) is 20.1 Å². The largest absolute Gasteiger partial charge is 0.469 e. The van der Waals surface area contributed by atoms with E-state index < -0.39 is 23.6 Å². The second kappa shape index (κ2) is 6.82. The van der Waals surface area contributed by atoms with Crippen molar-refractivity contribution in [1.29, 1.82) is 0 Å². The lowest BCUT2D eigenvalue weighted by Crippen LogP contribution is -2.48. The smallest absolute Gasteiger partial charge is 0.407 e. The number of rotatable bonds is 6. The number of methoxy groups -OCH3 is 1. The Morgan fingerprint density at radius 3 is 2.64 bits per heavy atom. The highest BCUT2D eigenvalue weighted by molar-refractivity contribution is 5.80. The molecule has 116 valence electrons. The molecule has 1 aromatic carbocycles. The van der Waals surface area contributed by atoms with E-state index in [1.165, 1.54) is 7.11 Å². The van der Waals surface area contributed by atoms with Crippen molar-refractivity contribution in [2.24, 2.45) is 5.11 Å². The van der Waals surface area contributed by atoms with Gasteiger partial charge in [-0.15, -0.1) is 0 Å². The maximum absolute atomic E-state index is 11.9. The first-order valence-electron chi connectivity index (χ1n) is 6.72. The Bertz CT molecular complexity index is 594. The van der Waals surface area contributed by atoms with Crippen LogP contribution < -0.4 is 5.32 Å². The average molecular weight is 304 g/mol. The van der Waals surface area contributed by atoms with E-state index in [1.54, 1.807) is 0 Å². The van der Waals surface area contributed by atoms with Crippen molar-refractivity contribution in [3.05, 3.63) is 46.3 Å². The van der Waals surface area contributed by atoms with Crippen LogP contribution in [-0.4, -0.2) is 30.8 Å². The molecular weight excluding hydrogens is 288 g/mol. The summed E-state index contributed by atoms with van der Waals surface area (Å²) >= 11 is 0. The van der Waals surface area contributed by atoms with Crippen molar-refractivity contribution in [2.75, 3.05) is 7.11 Å². The fourth-order valence-corrected chi connectivity index (χ4v) is 2.11. The Balaban J connectivity index is 1.95. The zero-order valence-corrected chi connectivity index (χ0v) is 12.1. The number of esters is 1. The van der Waals surface area contributed by atoms with Gasteiger partial charge in [-0.05, 0) is 23.9 Å². The van der Waals surface area contributed by atoms with E-state index in [0.717, 1.165) is 5.56 Å². The standard InChI is InChI=1S/C14H16N4O4/c1-21-12(19)11(17-18-15)14(7-8-14)16-13(20)22-9-10-5-3-2-4-6-10/h2-6,11H,7-9H2,1H3,(H,16,20). The molecule has 1 atom stereocenters. The maximum Gasteiger partial charge on any atom is 0.407 e. The molecule has 1 aromatic rings. The van der Waals surface area contributed by atoms with Gasteiger partial charge in [-0.3, -0.25) is 4.79 Å². The molecule has 0 bridgehead atoms. The van der Waals surface area contributed by atoms with E-state index in [0.29, 0.717) is 12.8 Å². The number of hydrogen-bond donors (Lipinski definition) is 1. The molecule has 0 heterocycles. The molecule has 1 amide bonds. The number of hydrogen-bond acceptors (Lipinski definition) is 5. The Hall–Kier alpha value is -2.73. The number of benzene rings is 1. The molecule has 1 N–H and O–H groups in total. The number of ether oxygens (including phenoxy) is 2. The van der Waals surface area contributed by atoms with Crippen LogP contribution in [0.25, 0.3) is 10.4 Å². The highest BCUT2D eigenvalue weighted by atomic mass is 16.5. The molecule has 0 saturated heterocycles. The molecule has 8 nitrogen and oxygen atoms in total. The molecule has 0 aromatic heterocycles. The van der Waals surface area contributed by atoms with Crippen LogP contribution in [0.5, 0.6) is 0 Å². The summed E-state index contributed by atoms with van der Waals surface area (Å²) in [6, 6.07) is 8.12. The number of alkyl carbamates (subject to hydrolysis) is 1. The van der Waals surface area contributed by atoms with Crippen molar-refractivity contribution in [1.82, 2.24) is 5.32 Å². The van der Waals surface area contributed by atoms with Crippen LogP contribution in [0.3, 0.4) is 0 Å². The van der Waals surface area contributed by atoms with Gasteiger partial charge in [-0.25, -0.2) is 4.79 Å². The molecule has 1 unspecified atom stereocenters. The van der Waals surface area contributed by atoms with Crippen molar-refractivity contribution in [3.8, 4) is 0 Å². The van der Waals surface area contributed by atoms with Gasteiger partial charge in [0, 0.05) is 4.91 Å². The number of carbonyl (C=O) groups excluding carboxylic acids is 2. The third kappa shape index (κ3) is 3.67. The summed E-state index contributed by atoms with van der Waals surface area (Å²) in [6.45, 7) is 0.118. The molecule has 0 radical (unpaired) electrons. The highest BCUT2D eigenvalue weighted by Gasteiger charge is 2.54. The molecule has 1 saturated carbocycles. The van der Waals surface area contributed by atoms with Gasteiger partial charge in [0.05, 0.1) is 12.6 Å². The summed E-state index contributed by atoms with van der Waals surface area (Å²) in [6.07, 6.45) is 0.377. The highest BCUT2D eigenvalue weighted by Crippen LogP contribution is 2.41. The molecule has 2 rings (SSSR count). The monoisotopic (exact) mass is 304 g/mol. The average Bonchev–Trinajstić information content (AvgIpc) is 3.31. The second-order valence-corrected chi connectivity index (χ2v) is 4.97. The predicted octanol–water partition coefficient (Wildman–Crippen LogP) is 2.30. The van der Waals surface area contributed by atoms with Crippen LogP contribution in [0.4, 0.5) is 4.79 Å². The van der Waals surface area contributed by atoms with E-state index >= 15 is 0 Å². The van der Waals surface area contributed by atoms with Crippen LogP contribution >= 0.6 is 0 Å². The van der Waals surface area contributed by atoms with Gasteiger partial charge in [0.1, 0.15) is 6.61 Å². The molecule has 1 aliphatic rings. The fraction of sp³-hybridized carbons (Fsp3) is 0.429. The minimum atomic E-state index is -1.09. The lowest BCUT2D eigenvalue weighted by molar-refractivity contribution is -0.143. The van der Waals surface area contributed by atoms with E-state index in [1.807, 2.05) is 30.3 Å². The molecular formula is C14H16N4O4. The number of azide groups is 1. The van der Waals surface area contributed by atoms with Crippen molar-refractivity contribution >= 4 is 12.1 Å². The van der Waals surface area contributed by atoms with Crippen molar-refractivity contribution in [3.63, 3.8) is 0 Å². The SMILES string of the molecule is COC(=O)C(N=[N+]=[N-])C1(NC(=O)OCc2ccccc2)CC1. The topological polar surface area (TPSA) is 113 Å². The molecule has 22 heavy (non-hydrogen) atoms. The molecule has 1 aliphatic carbocycles. The Labute approximate surface area is 127 Å². The first-order chi connectivity index (χ1) is 10.6. The second-order valence-electron chi connectivity index (χ2n) is 4.97. The number of carbonyl (C=O) groups is 2. The van der Waals surface area contributed by atoms with Gasteiger partial charge in [0.25, 0.3) is 0 Å². The number of amides is 1. The first-order valence-corrected chi connectivity index (χ1v) is 6.72. The van der Waals surface area contributed by atoms with E-state index in [9.17, 15) is 9.59 Å².